The summed E-state index contributed by atoms with van der Waals surface area (Å²) in [7, 11) is 0. The molecule has 0 aliphatic rings. The number of nitrogens with zero attached hydrogens (tertiary/aromatic N) is 1. The molecule has 3 aromatic rings. The van der Waals surface area contributed by atoms with Gasteiger partial charge >= 0.3 is 5.97 Å². The van der Waals surface area contributed by atoms with Gasteiger partial charge in [-0.2, -0.15) is 11.3 Å². The molecule has 2 aromatic heterocycles. The highest BCUT2D eigenvalue weighted by atomic mass is 79.9. The second-order valence-corrected chi connectivity index (χ2v) is 6.71. The first-order chi connectivity index (χ1) is 9.56. The predicted octanol–water partition coefficient (Wildman–Crippen LogP) is 5.19. The summed E-state index contributed by atoms with van der Waals surface area (Å²) in [5, 5.41) is 13.9. The minimum atomic E-state index is -0.959. The number of carboxylic acids is 1. The van der Waals surface area contributed by atoms with E-state index in [1.165, 1.54) is 0 Å². The molecule has 0 aliphatic heterocycles. The van der Waals surface area contributed by atoms with Crippen LogP contribution in [-0.2, 0) is 0 Å². The lowest BCUT2D eigenvalue weighted by Gasteiger charge is -2.08. The van der Waals surface area contributed by atoms with Gasteiger partial charge in [0.15, 0.2) is 0 Å². The first-order valence-electron chi connectivity index (χ1n) is 5.62. The molecule has 1 N–H and O–H groups in total. The molecule has 0 radical (unpaired) electrons. The minimum Gasteiger partial charge on any atom is -0.478 e. The number of pyridine rings is 1. The zero-order valence-electron chi connectivity index (χ0n) is 9.93. The maximum atomic E-state index is 11.5. The second kappa shape index (κ2) is 5.27. The third kappa shape index (κ3) is 2.39. The fraction of sp³-hybridized carbons (Fsp3) is 0. The zero-order valence-corrected chi connectivity index (χ0v) is 13.9. The molecule has 0 fully saturated rings. The Hall–Kier alpha value is -1.24. The predicted molar refractivity (Wildman–Crippen MR) is 87.4 cm³/mol. The van der Waals surface area contributed by atoms with E-state index in [2.05, 4.69) is 36.8 Å². The van der Waals surface area contributed by atoms with Gasteiger partial charge in [-0.25, -0.2) is 9.78 Å². The monoisotopic (exact) mass is 411 g/mol. The van der Waals surface area contributed by atoms with E-state index < -0.39 is 5.97 Å². The average Bonchev–Trinajstić information content (AvgIpc) is 2.91. The standard InChI is InChI=1S/C14H7Br2NO2S/c15-8-3-9-10(14(18)19)5-12(7-1-2-20-6-7)17-13(9)11(16)4-8/h1-6H,(H,18,19). The Labute approximate surface area is 135 Å². The maximum Gasteiger partial charge on any atom is 0.336 e. The van der Waals surface area contributed by atoms with Gasteiger partial charge in [-0.15, -0.1) is 0 Å². The van der Waals surface area contributed by atoms with E-state index >= 15 is 0 Å². The van der Waals surface area contributed by atoms with Crippen molar-refractivity contribution in [2.24, 2.45) is 0 Å². The molecule has 20 heavy (non-hydrogen) atoms. The van der Waals surface area contributed by atoms with Crippen LogP contribution in [0, 0.1) is 0 Å². The van der Waals surface area contributed by atoms with Gasteiger partial charge in [0.2, 0.25) is 0 Å². The van der Waals surface area contributed by atoms with Crippen molar-refractivity contribution in [2.75, 3.05) is 0 Å². The molecule has 2 heterocycles. The van der Waals surface area contributed by atoms with Crippen molar-refractivity contribution in [3.8, 4) is 11.3 Å². The fourth-order valence-electron chi connectivity index (χ4n) is 1.99. The number of halogens is 2. The summed E-state index contributed by atoms with van der Waals surface area (Å²) >= 11 is 8.37. The highest BCUT2D eigenvalue weighted by molar-refractivity contribution is 9.11. The molecular weight excluding hydrogens is 406 g/mol. The number of hydrogen-bond donors (Lipinski definition) is 1. The van der Waals surface area contributed by atoms with Crippen LogP contribution in [0.3, 0.4) is 0 Å². The van der Waals surface area contributed by atoms with Crippen molar-refractivity contribution in [2.45, 2.75) is 0 Å². The Morgan fingerprint density at radius 3 is 2.70 bits per heavy atom. The number of aromatic carboxylic acids is 1. The molecule has 0 saturated carbocycles. The fourth-order valence-corrected chi connectivity index (χ4v) is 3.95. The summed E-state index contributed by atoms with van der Waals surface area (Å²) in [6.07, 6.45) is 0. The van der Waals surface area contributed by atoms with Crippen molar-refractivity contribution < 1.29 is 9.90 Å². The molecule has 3 rings (SSSR count). The highest BCUT2D eigenvalue weighted by Gasteiger charge is 2.15. The van der Waals surface area contributed by atoms with Crippen LogP contribution in [-0.4, -0.2) is 16.1 Å². The van der Waals surface area contributed by atoms with Crippen LogP contribution in [0.5, 0.6) is 0 Å². The Morgan fingerprint density at radius 2 is 2.05 bits per heavy atom. The molecule has 3 nitrogen and oxygen atoms in total. The van der Waals surface area contributed by atoms with E-state index in [0.717, 1.165) is 14.5 Å². The molecule has 0 amide bonds. The highest BCUT2D eigenvalue weighted by Crippen LogP contribution is 2.32. The second-order valence-electron chi connectivity index (χ2n) is 4.16. The normalized spacial score (nSPS) is 10.9. The summed E-state index contributed by atoms with van der Waals surface area (Å²) in [5.41, 5.74) is 2.49. The number of carboxylic acid groups (broad SMARTS) is 1. The molecule has 6 heteroatoms. The quantitative estimate of drug-likeness (QED) is 0.630. The summed E-state index contributed by atoms with van der Waals surface area (Å²) < 4.78 is 1.57. The maximum absolute atomic E-state index is 11.5. The van der Waals surface area contributed by atoms with Crippen LogP contribution in [0.1, 0.15) is 10.4 Å². The third-order valence-electron chi connectivity index (χ3n) is 2.88. The van der Waals surface area contributed by atoms with E-state index in [4.69, 9.17) is 0 Å². The molecule has 0 bridgehead atoms. The van der Waals surface area contributed by atoms with Crippen molar-refractivity contribution in [3.63, 3.8) is 0 Å². The molecule has 0 spiro atoms. The average molecular weight is 413 g/mol. The summed E-state index contributed by atoms with van der Waals surface area (Å²) in [4.78, 5) is 16.1. The third-order valence-corrected chi connectivity index (χ3v) is 4.62. The van der Waals surface area contributed by atoms with Gasteiger partial charge < -0.3 is 5.11 Å². The summed E-state index contributed by atoms with van der Waals surface area (Å²) in [5.74, 6) is -0.959. The Balaban J connectivity index is 2.40. The van der Waals surface area contributed by atoms with Crippen molar-refractivity contribution >= 4 is 60.1 Å². The van der Waals surface area contributed by atoms with E-state index in [-0.39, 0.29) is 5.56 Å². The first-order valence-corrected chi connectivity index (χ1v) is 8.15. The minimum absolute atomic E-state index is 0.248. The largest absolute Gasteiger partial charge is 0.478 e. The SMILES string of the molecule is O=C(O)c1cc(-c2ccsc2)nc2c(Br)cc(Br)cc12. The number of aromatic nitrogens is 1. The van der Waals surface area contributed by atoms with Crippen LogP contribution < -0.4 is 0 Å². The molecular formula is C14H7Br2NO2S. The topological polar surface area (TPSA) is 50.2 Å². The lowest BCUT2D eigenvalue weighted by molar-refractivity contribution is 0.0699. The summed E-state index contributed by atoms with van der Waals surface area (Å²) in [6.45, 7) is 0. The number of rotatable bonds is 2. The number of hydrogen-bond acceptors (Lipinski definition) is 3. The van der Waals surface area contributed by atoms with Gasteiger partial charge in [0.25, 0.3) is 0 Å². The van der Waals surface area contributed by atoms with Crippen LogP contribution in [0.2, 0.25) is 0 Å². The Morgan fingerprint density at radius 1 is 1.25 bits per heavy atom. The van der Waals surface area contributed by atoms with E-state index in [0.29, 0.717) is 16.6 Å². The van der Waals surface area contributed by atoms with Crippen LogP contribution >= 0.6 is 43.2 Å². The number of thiophene rings is 1. The summed E-state index contributed by atoms with van der Waals surface area (Å²) in [6, 6.07) is 7.18. The van der Waals surface area contributed by atoms with E-state index in [1.54, 1.807) is 23.5 Å². The zero-order chi connectivity index (χ0) is 14.3. The lowest BCUT2D eigenvalue weighted by Crippen LogP contribution is -2.00. The van der Waals surface area contributed by atoms with Crippen molar-refractivity contribution in [3.05, 3.63) is 49.5 Å². The number of carbonyl (C=O) groups is 1. The molecule has 0 aliphatic carbocycles. The van der Waals surface area contributed by atoms with Gasteiger partial charge in [-0.3, -0.25) is 0 Å². The smallest absolute Gasteiger partial charge is 0.336 e. The number of fused-ring (bicyclic) bond motifs is 1. The number of benzene rings is 1. The van der Waals surface area contributed by atoms with Crippen LogP contribution in [0.15, 0.2) is 44.0 Å². The molecule has 0 saturated heterocycles. The first kappa shape index (κ1) is 13.7. The molecule has 1 aromatic carbocycles. The van der Waals surface area contributed by atoms with E-state index in [9.17, 15) is 9.90 Å². The van der Waals surface area contributed by atoms with Crippen molar-refractivity contribution in [1.82, 2.24) is 4.98 Å². The molecule has 0 atom stereocenters. The Bertz CT molecular complexity index is 816. The van der Waals surface area contributed by atoms with Gasteiger partial charge in [-0.05, 0) is 45.6 Å². The lowest BCUT2D eigenvalue weighted by atomic mass is 10.1. The van der Waals surface area contributed by atoms with E-state index in [1.807, 2.05) is 22.9 Å². The molecule has 0 unspecified atom stereocenters. The van der Waals surface area contributed by atoms with Gasteiger partial charge in [-0.1, -0.05) is 15.9 Å². The van der Waals surface area contributed by atoms with Crippen molar-refractivity contribution in [1.29, 1.82) is 0 Å². The van der Waals surface area contributed by atoms with Crippen LogP contribution in [0.25, 0.3) is 22.2 Å². The molecule has 100 valence electrons. The van der Waals surface area contributed by atoms with Crippen LogP contribution in [0.4, 0.5) is 0 Å². The van der Waals surface area contributed by atoms with Gasteiger partial charge in [0.1, 0.15) is 0 Å². The van der Waals surface area contributed by atoms with Gasteiger partial charge in [0, 0.05) is 25.3 Å². The Kier molecular flexibility index (Phi) is 3.62. The van der Waals surface area contributed by atoms with Gasteiger partial charge in [0.05, 0.1) is 16.8 Å².